The monoisotopic (exact) mass is 341 g/mol. The summed E-state index contributed by atoms with van der Waals surface area (Å²) in [5.74, 6) is 0.987. The van der Waals surface area contributed by atoms with Crippen LogP contribution in [0.4, 0.5) is 0 Å². The average molecular weight is 342 g/mol. The van der Waals surface area contributed by atoms with E-state index in [1.165, 1.54) is 16.0 Å². The summed E-state index contributed by atoms with van der Waals surface area (Å²) in [6, 6.07) is 19.5. The summed E-state index contributed by atoms with van der Waals surface area (Å²) < 4.78 is 0. The number of hydrogen-bond acceptors (Lipinski definition) is 3. The third-order valence-electron chi connectivity index (χ3n) is 5.09. The summed E-state index contributed by atoms with van der Waals surface area (Å²) in [6.45, 7) is 4.29. The minimum absolute atomic E-state index is 0.0559. The Morgan fingerprint density at radius 1 is 1.12 bits per heavy atom. The molecule has 0 radical (unpaired) electrons. The summed E-state index contributed by atoms with van der Waals surface area (Å²) in [4.78, 5) is 1.35. The van der Waals surface area contributed by atoms with Gasteiger partial charge in [0.05, 0.1) is 12.1 Å². The van der Waals surface area contributed by atoms with E-state index in [2.05, 4.69) is 73.8 Å². The van der Waals surface area contributed by atoms with Crippen LogP contribution in [-0.4, -0.2) is 22.5 Å². The number of aliphatic hydroxyl groups is 1. The second kappa shape index (κ2) is 7.73. The van der Waals surface area contributed by atoms with Crippen molar-refractivity contribution in [2.75, 3.05) is 5.75 Å². The van der Waals surface area contributed by atoms with Crippen molar-refractivity contribution in [3.8, 4) is 0 Å². The molecule has 0 saturated heterocycles. The molecule has 0 amide bonds. The Morgan fingerprint density at radius 3 is 2.54 bits per heavy atom. The van der Waals surface area contributed by atoms with Gasteiger partial charge in [0, 0.05) is 16.2 Å². The maximum absolute atomic E-state index is 10.3. The molecule has 0 fully saturated rings. The molecule has 0 spiro atoms. The summed E-state index contributed by atoms with van der Waals surface area (Å²) in [5.41, 5.74) is 2.57. The molecule has 3 atom stereocenters. The zero-order valence-electron chi connectivity index (χ0n) is 14.5. The van der Waals surface area contributed by atoms with Gasteiger partial charge in [0.1, 0.15) is 0 Å². The summed E-state index contributed by atoms with van der Waals surface area (Å²) in [7, 11) is 0. The van der Waals surface area contributed by atoms with Crippen LogP contribution in [0.2, 0.25) is 0 Å². The van der Waals surface area contributed by atoms with Gasteiger partial charge in [-0.25, -0.2) is 0 Å². The molecule has 2 aromatic carbocycles. The van der Waals surface area contributed by atoms with Gasteiger partial charge in [-0.15, -0.1) is 11.8 Å². The van der Waals surface area contributed by atoms with E-state index in [-0.39, 0.29) is 17.7 Å². The lowest BCUT2D eigenvalue weighted by atomic mass is 9.87. The number of rotatable bonds is 5. The number of aliphatic hydroxyl groups excluding tert-OH is 1. The molecule has 1 heterocycles. The molecule has 0 aromatic heterocycles. The second-order valence-electron chi connectivity index (χ2n) is 6.71. The van der Waals surface area contributed by atoms with Crippen LogP contribution < -0.4 is 5.32 Å². The highest BCUT2D eigenvalue weighted by Gasteiger charge is 2.36. The highest BCUT2D eigenvalue weighted by atomic mass is 32.2. The van der Waals surface area contributed by atoms with Crippen molar-refractivity contribution in [3.63, 3.8) is 0 Å². The first-order valence-electron chi connectivity index (χ1n) is 8.90. The molecule has 1 aliphatic rings. The maximum Gasteiger partial charge on any atom is 0.0592 e. The topological polar surface area (TPSA) is 32.3 Å². The van der Waals surface area contributed by atoms with Crippen molar-refractivity contribution < 1.29 is 5.11 Å². The average Bonchev–Trinajstić information content (AvgIpc) is 2.80. The predicted molar refractivity (Wildman–Crippen MR) is 103 cm³/mol. The van der Waals surface area contributed by atoms with Crippen molar-refractivity contribution >= 4 is 11.8 Å². The molecular weight excluding hydrogens is 314 g/mol. The number of benzene rings is 2. The lowest BCUT2D eigenvalue weighted by molar-refractivity contribution is 0.116. The number of fused-ring (bicyclic) bond motifs is 1. The maximum atomic E-state index is 10.3. The van der Waals surface area contributed by atoms with Crippen LogP contribution in [-0.2, 0) is 0 Å². The Labute approximate surface area is 149 Å². The first-order chi connectivity index (χ1) is 11.7. The molecule has 128 valence electrons. The summed E-state index contributed by atoms with van der Waals surface area (Å²) in [6.07, 6.45) is 2.35. The van der Waals surface area contributed by atoms with Gasteiger partial charge in [0.25, 0.3) is 0 Å². The zero-order valence-corrected chi connectivity index (χ0v) is 15.4. The lowest BCUT2D eigenvalue weighted by Gasteiger charge is -2.37. The first kappa shape index (κ1) is 17.5. The smallest absolute Gasteiger partial charge is 0.0592 e. The molecule has 3 heteroatoms. The minimum Gasteiger partial charge on any atom is -0.393 e. The summed E-state index contributed by atoms with van der Waals surface area (Å²) in [5, 5.41) is 14.3. The number of nitrogens with one attached hydrogen (secondary N) is 1. The molecule has 2 aromatic rings. The van der Waals surface area contributed by atoms with Crippen molar-refractivity contribution in [2.24, 2.45) is 0 Å². The Morgan fingerprint density at radius 2 is 1.83 bits per heavy atom. The molecule has 0 bridgehead atoms. The Bertz CT molecular complexity index is 660. The van der Waals surface area contributed by atoms with E-state index in [9.17, 15) is 5.11 Å². The van der Waals surface area contributed by atoms with Crippen molar-refractivity contribution in [1.29, 1.82) is 0 Å². The Kier molecular flexibility index (Phi) is 5.65. The van der Waals surface area contributed by atoms with Gasteiger partial charge in [-0.3, -0.25) is 5.32 Å². The van der Waals surface area contributed by atoms with Gasteiger partial charge < -0.3 is 5.11 Å². The van der Waals surface area contributed by atoms with Gasteiger partial charge in [-0.05, 0) is 36.5 Å². The van der Waals surface area contributed by atoms with Gasteiger partial charge in [0.15, 0.2) is 0 Å². The Balaban J connectivity index is 2.02. The molecule has 24 heavy (non-hydrogen) atoms. The van der Waals surface area contributed by atoms with Crippen LogP contribution in [0.1, 0.15) is 50.3 Å². The minimum atomic E-state index is -0.254. The van der Waals surface area contributed by atoms with Crippen LogP contribution >= 0.6 is 11.8 Å². The van der Waals surface area contributed by atoms with Crippen LogP contribution in [0.15, 0.2) is 59.5 Å². The van der Waals surface area contributed by atoms with E-state index < -0.39 is 0 Å². The molecule has 0 saturated carbocycles. The van der Waals surface area contributed by atoms with E-state index in [0.717, 1.165) is 25.0 Å². The second-order valence-corrected chi connectivity index (χ2v) is 7.73. The van der Waals surface area contributed by atoms with E-state index in [4.69, 9.17) is 0 Å². The van der Waals surface area contributed by atoms with E-state index in [1.807, 2.05) is 11.8 Å². The lowest BCUT2D eigenvalue weighted by Crippen LogP contribution is -2.50. The van der Waals surface area contributed by atoms with Gasteiger partial charge in [0.2, 0.25) is 0 Å². The zero-order chi connectivity index (χ0) is 17.0. The fourth-order valence-corrected chi connectivity index (χ4v) is 4.83. The SMILES string of the molecule is CC[C@@H](O)C[C@@]1(CC)CSc2ccccc2[C@H](c2ccccc2)N1. The molecule has 3 rings (SSSR count). The molecule has 1 aliphatic heterocycles. The molecule has 2 nitrogen and oxygen atoms in total. The normalized spacial score (nSPS) is 24.9. The molecule has 0 aliphatic carbocycles. The molecule has 2 N–H and O–H groups in total. The van der Waals surface area contributed by atoms with Crippen LogP contribution in [0.5, 0.6) is 0 Å². The van der Waals surface area contributed by atoms with Gasteiger partial charge in [-0.1, -0.05) is 62.4 Å². The third kappa shape index (κ3) is 3.69. The number of thioether (sulfide) groups is 1. The largest absolute Gasteiger partial charge is 0.393 e. The van der Waals surface area contributed by atoms with Crippen molar-refractivity contribution in [1.82, 2.24) is 5.32 Å². The molecule has 0 unspecified atom stereocenters. The fourth-order valence-electron chi connectivity index (χ4n) is 3.46. The highest BCUT2D eigenvalue weighted by Crippen LogP contribution is 2.40. The van der Waals surface area contributed by atoms with E-state index in [0.29, 0.717) is 0 Å². The van der Waals surface area contributed by atoms with Crippen LogP contribution in [0.25, 0.3) is 0 Å². The van der Waals surface area contributed by atoms with Gasteiger partial charge >= 0.3 is 0 Å². The van der Waals surface area contributed by atoms with Gasteiger partial charge in [-0.2, -0.15) is 0 Å². The predicted octanol–water partition coefficient (Wildman–Crippen LogP) is 4.78. The third-order valence-corrected chi connectivity index (χ3v) is 6.47. The van der Waals surface area contributed by atoms with E-state index in [1.54, 1.807) is 0 Å². The van der Waals surface area contributed by atoms with E-state index >= 15 is 0 Å². The van der Waals surface area contributed by atoms with Crippen LogP contribution in [0.3, 0.4) is 0 Å². The van der Waals surface area contributed by atoms with Crippen LogP contribution in [0, 0.1) is 0 Å². The first-order valence-corrected chi connectivity index (χ1v) is 9.88. The Hall–Kier alpha value is -1.29. The fraction of sp³-hybridized carbons (Fsp3) is 0.429. The standard InChI is InChI=1S/C21H27NOS/c1-3-17(23)14-21(4-2)15-24-19-13-9-8-12-18(19)20(22-21)16-10-6-5-7-11-16/h5-13,17,20,22-23H,3-4,14-15H2,1-2H3/t17-,20+,21+/m1/s1. The van der Waals surface area contributed by atoms with Crippen molar-refractivity contribution in [2.45, 2.75) is 55.7 Å². The quantitative estimate of drug-likeness (QED) is 0.821. The number of hydrogen-bond donors (Lipinski definition) is 2. The summed E-state index contributed by atoms with van der Waals surface area (Å²) >= 11 is 1.92. The highest BCUT2D eigenvalue weighted by molar-refractivity contribution is 7.99. The molecular formula is C21H27NOS. The van der Waals surface area contributed by atoms with Crippen molar-refractivity contribution in [3.05, 3.63) is 65.7 Å².